The molecular formula is C13H21NOS. The van der Waals surface area contributed by atoms with Crippen LogP contribution in [0, 0.1) is 6.92 Å². The van der Waals surface area contributed by atoms with Crippen LogP contribution >= 0.6 is 11.8 Å². The third-order valence-corrected chi connectivity index (χ3v) is 3.91. The van der Waals surface area contributed by atoms with Crippen LogP contribution in [0.5, 0.6) is 0 Å². The lowest BCUT2D eigenvalue weighted by Crippen LogP contribution is -2.25. The highest BCUT2D eigenvalue weighted by Crippen LogP contribution is 2.26. The molecule has 90 valence electrons. The molecule has 0 amide bonds. The minimum atomic E-state index is 0.249. The summed E-state index contributed by atoms with van der Waals surface area (Å²) in [4.78, 5) is 0. The SMILES string of the molecule is CNC(c1ccc(C)cc1)C(C)SCCO. The molecule has 0 saturated carbocycles. The predicted molar refractivity (Wildman–Crippen MR) is 72.0 cm³/mol. The quantitative estimate of drug-likeness (QED) is 0.799. The summed E-state index contributed by atoms with van der Waals surface area (Å²) in [5.41, 5.74) is 2.60. The molecule has 0 spiro atoms. The summed E-state index contributed by atoms with van der Waals surface area (Å²) in [5, 5.41) is 12.6. The molecule has 0 aromatic heterocycles. The second kappa shape index (κ2) is 6.94. The number of aliphatic hydroxyl groups is 1. The van der Waals surface area contributed by atoms with E-state index in [-0.39, 0.29) is 6.61 Å². The van der Waals surface area contributed by atoms with Gasteiger partial charge in [0.15, 0.2) is 0 Å². The van der Waals surface area contributed by atoms with Crippen molar-refractivity contribution in [3.05, 3.63) is 35.4 Å². The van der Waals surface area contributed by atoms with Crippen molar-refractivity contribution < 1.29 is 5.11 Å². The molecule has 0 bridgehead atoms. The lowest BCUT2D eigenvalue weighted by Gasteiger charge is -2.23. The van der Waals surface area contributed by atoms with Crippen molar-refractivity contribution in [2.75, 3.05) is 19.4 Å². The molecule has 0 aliphatic carbocycles. The molecule has 16 heavy (non-hydrogen) atoms. The van der Waals surface area contributed by atoms with Crippen LogP contribution in [0.1, 0.15) is 24.1 Å². The van der Waals surface area contributed by atoms with Crippen LogP contribution in [0.15, 0.2) is 24.3 Å². The highest BCUT2D eigenvalue weighted by Gasteiger charge is 2.17. The van der Waals surface area contributed by atoms with E-state index >= 15 is 0 Å². The van der Waals surface area contributed by atoms with Crippen molar-refractivity contribution in [2.24, 2.45) is 0 Å². The molecule has 0 radical (unpaired) electrons. The Morgan fingerprint density at radius 1 is 1.31 bits per heavy atom. The third-order valence-electron chi connectivity index (χ3n) is 2.69. The van der Waals surface area contributed by atoms with Crippen molar-refractivity contribution in [3.8, 4) is 0 Å². The molecule has 0 aliphatic heterocycles. The average Bonchev–Trinajstić information content (AvgIpc) is 2.30. The van der Waals surface area contributed by atoms with E-state index in [4.69, 9.17) is 5.11 Å². The molecule has 1 aromatic carbocycles. The third kappa shape index (κ3) is 3.81. The topological polar surface area (TPSA) is 32.3 Å². The van der Waals surface area contributed by atoms with Crippen molar-refractivity contribution in [3.63, 3.8) is 0 Å². The molecule has 2 nitrogen and oxygen atoms in total. The van der Waals surface area contributed by atoms with E-state index in [9.17, 15) is 0 Å². The molecular weight excluding hydrogens is 218 g/mol. The second-order valence-electron chi connectivity index (χ2n) is 3.98. The number of rotatable bonds is 6. The fourth-order valence-corrected chi connectivity index (χ4v) is 2.74. The van der Waals surface area contributed by atoms with Crippen LogP contribution in [0.3, 0.4) is 0 Å². The molecule has 2 unspecified atom stereocenters. The molecule has 1 rings (SSSR count). The van der Waals surface area contributed by atoms with Crippen molar-refractivity contribution in [1.82, 2.24) is 5.32 Å². The standard InChI is InChI=1S/C13H21NOS/c1-10-4-6-12(7-5-10)13(14-3)11(2)16-9-8-15/h4-7,11,13-15H,8-9H2,1-3H3. The Bertz CT molecular complexity index is 299. The van der Waals surface area contributed by atoms with Gasteiger partial charge in [0.05, 0.1) is 6.61 Å². The van der Waals surface area contributed by atoms with Gasteiger partial charge in [0.2, 0.25) is 0 Å². The summed E-state index contributed by atoms with van der Waals surface area (Å²) < 4.78 is 0. The first-order valence-corrected chi connectivity index (χ1v) is 6.70. The lowest BCUT2D eigenvalue weighted by atomic mass is 10.0. The zero-order valence-electron chi connectivity index (χ0n) is 10.2. The summed E-state index contributed by atoms with van der Waals surface area (Å²) in [6.07, 6.45) is 0. The van der Waals surface area contributed by atoms with Gasteiger partial charge >= 0.3 is 0 Å². The Balaban J connectivity index is 2.69. The molecule has 3 heteroatoms. The van der Waals surface area contributed by atoms with Gasteiger partial charge < -0.3 is 10.4 Å². The summed E-state index contributed by atoms with van der Waals surface area (Å²) in [6.45, 7) is 4.54. The first kappa shape index (κ1) is 13.6. The largest absolute Gasteiger partial charge is 0.396 e. The summed E-state index contributed by atoms with van der Waals surface area (Å²) >= 11 is 1.80. The van der Waals surface area contributed by atoms with E-state index in [1.165, 1.54) is 11.1 Å². The first-order chi connectivity index (χ1) is 7.69. The molecule has 1 aromatic rings. The maximum Gasteiger partial charge on any atom is 0.0521 e. The monoisotopic (exact) mass is 239 g/mol. The number of nitrogens with one attached hydrogen (secondary N) is 1. The molecule has 0 saturated heterocycles. The van der Waals surface area contributed by atoms with Gasteiger partial charge in [0.25, 0.3) is 0 Å². The number of benzene rings is 1. The Morgan fingerprint density at radius 3 is 2.44 bits per heavy atom. The van der Waals surface area contributed by atoms with Gasteiger partial charge in [-0.25, -0.2) is 0 Å². The van der Waals surface area contributed by atoms with Gasteiger partial charge in [-0.15, -0.1) is 0 Å². The Morgan fingerprint density at radius 2 is 1.94 bits per heavy atom. The van der Waals surface area contributed by atoms with E-state index in [2.05, 4.69) is 43.4 Å². The molecule has 0 heterocycles. The number of hydrogen-bond donors (Lipinski definition) is 2. The first-order valence-electron chi connectivity index (χ1n) is 5.65. The summed E-state index contributed by atoms with van der Waals surface area (Å²) in [6, 6.07) is 8.97. The molecule has 2 atom stereocenters. The fraction of sp³-hybridized carbons (Fsp3) is 0.538. The summed E-state index contributed by atoms with van der Waals surface area (Å²) in [5.74, 6) is 0.797. The number of thioether (sulfide) groups is 1. The van der Waals surface area contributed by atoms with Crippen molar-refractivity contribution >= 4 is 11.8 Å². The van der Waals surface area contributed by atoms with Gasteiger partial charge in [-0.2, -0.15) is 11.8 Å². The normalized spacial score (nSPS) is 14.8. The highest BCUT2D eigenvalue weighted by molar-refractivity contribution is 7.99. The Labute approximate surface area is 102 Å². The van der Waals surface area contributed by atoms with Crippen LogP contribution in [-0.4, -0.2) is 29.8 Å². The van der Waals surface area contributed by atoms with Gasteiger partial charge in [0.1, 0.15) is 0 Å². The van der Waals surface area contributed by atoms with Gasteiger partial charge in [-0.05, 0) is 19.5 Å². The van der Waals surface area contributed by atoms with Crippen molar-refractivity contribution in [1.29, 1.82) is 0 Å². The van der Waals surface area contributed by atoms with Crippen LogP contribution in [0.25, 0.3) is 0 Å². The van der Waals surface area contributed by atoms with Crippen molar-refractivity contribution in [2.45, 2.75) is 25.1 Å². The van der Waals surface area contributed by atoms with Crippen LogP contribution in [0.2, 0.25) is 0 Å². The lowest BCUT2D eigenvalue weighted by molar-refractivity contribution is 0.322. The fourth-order valence-electron chi connectivity index (χ4n) is 1.78. The van der Waals surface area contributed by atoms with Gasteiger partial charge in [-0.3, -0.25) is 0 Å². The van der Waals surface area contributed by atoms with Crippen LogP contribution in [-0.2, 0) is 0 Å². The smallest absolute Gasteiger partial charge is 0.0521 e. The second-order valence-corrected chi connectivity index (χ2v) is 5.46. The minimum absolute atomic E-state index is 0.249. The summed E-state index contributed by atoms with van der Waals surface area (Å²) in [7, 11) is 1.99. The van der Waals surface area contributed by atoms with Crippen LogP contribution < -0.4 is 5.32 Å². The minimum Gasteiger partial charge on any atom is -0.396 e. The predicted octanol–water partition coefficient (Wildman–Crippen LogP) is 2.37. The van der Waals surface area contributed by atoms with E-state index in [1.54, 1.807) is 11.8 Å². The average molecular weight is 239 g/mol. The van der Waals surface area contributed by atoms with Gasteiger partial charge in [-0.1, -0.05) is 36.8 Å². The van der Waals surface area contributed by atoms with E-state index in [0.717, 1.165) is 5.75 Å². The molecule has 0 fully saturated rings. The number of hydrogen-bond acceptors (Lipinski definition) is 3. The van der Waals surface area contributed by atoms with E-state index in [0.29, 0.717) is 11.3 Å². The van der Waals surface area contributed by atoms with Gasteiger partial charge in [0, 0.05) is 17.0 Å². The number of aryl methyl sites for hydroxylation is 1. The van der Waals surface area contributed by atoms with E-state index < -0.39 is 0 Å². The maximum atomic E-state index is 8.84. The van der Waals surface area contributed by atoms with E-state index in [1.807, 2.05) is 7.05 Å². The Hall–Kier alpha value is -0.510. The van der Waals surface area contributed by atoms with Crippen LogP contribution in [0.4, 0.5) is 0 Å². The Kier molecular flexibility index (Phi) is 5.88. The number of aliphatic hydroxyl groups excluding tert-OH is 1. The molecule has 0 aliphatic rings. The zero-order chi connectivity index (χ0) is 12.0. The zero-order valence-corrected chi connectivity index (χ0v) is 11.1. The molecule has 2 N–H and O–H groups in total. The highest BCUT2D eigenvalue weighted by atomic mass is 32.2. The maximum absolute atomic E-state index is 8.84.